The Labute approximate surface area is 129 Å². The monoisotopic (exact) mass is 296 g/mol. The summed E-state index contributed by atoms with van der Waals surface area (Å²) in [7, 11) is 0. The highest BCUT2D eigenvalue weighted by atomic mass is 32.1. The average Bonchev–Trinajstić information content (AvgIpc) is 2.89. The molecular weight excluding hydrogens is 264 g/mol. The van der Waals surface area contributed by atoms with Gasteiger partial charge in [0.1, 0.15) is 0 Å². The Morgan fingerprint density at radius 2 is 1.70 bits per heavy atom. The molecule has 0 bridgehead atoms. The number of nitrogens with zero attached hydrogens (tertiary/aromatic N) is 1. The third kappa shape index (κ3) is 8.72. The third-order valence-corrected chi connectivity index (χ3v) is 4.41. The highest BCUT2D eigenvalue weighted by Gasteiger charge is 2.07. The Hall–Kier alpha value is -0.380. The third-order valence-electron chi connectivity index (χ3n) is 3.53. The highest BCUT2D eigenvalue weighted by molar-refractivity contribution is 7.09. The molecule has 0 aliphatic rings. The van der Waals surface area contributed by atoms with E-state index in [0.29, 0.717) is 0 Å². The van der Waals surface area contributed by atoms with Gasteiger partial charge in [0, 0.05) is 24.5 Å². The molecule has 1 N–H and O–H groups in total. The van der Waals surface area contributed by atoms with E-state index in [-0.39, 0.29) is 0 Å². The molecule has 1 rings (SSSR count). The van der Waals surface area contributed by atoms with Crippen molar-refractivity contribution in [3.05, 3.63) is 22.4 Å². The van der Waals surface area contributed by atoms with E-state index in [9.17, 15) is 0 Å². The van der Waals surface area contributed by atoms with Crippen molar-refractivity contribution in [3.63, 3.8) is 0 Å². The number of hydrogen-bond donors (Lipinski definition) is 1. The lowest BCUT2D eigenvalue weighted by molar-refractivity contribution is 0.243. The summed E-state index contributed by atoms with van der Waals surface area (Å²) >= 11 is 1.83. The van der Waals surface area contributed by atoms with E-state index in [1.54, 1.807) is 0 Å². The normalized spacial score (nSPS) is 11.9. The molecule has 0 amide bonds. The van der Waals surface area contributed by atoms with Crippen molar-refractivity contribution < 1.29 is 0 Å². The Balaban J connectivity index is 2.20. The number of nitrogens with one attached hydrogen (secondary N) is 1. The topological polar surface area (TPSA) is 15.3 Å². The van der Waals surface area contributed by atoms with Gasteiger partial charge < -0.3 is 10.2 Å². The van der Waals surface area contributed by atoms with Crippen molar-refractivity contribution in [2.75, 3.05) is 26.2 Å². The molecule has 0 saturated carbocycles. The molecule has 0 radical (unpaired) electrons. The van der Waals surface area contributed by atoms with E-state index in [0.717, 1.165) is 24.9 Å². The molecule has 0 aliphatic heterocycles. The first-order chi connectivity index (χ1) is 9.58. The van der Waals surface area contributed by atoms with Crippen molar-refractivity contribution in [2.45, 2.75) is 47.1 Å². The van der Waals surface area contributed by atoms with E-state index >= 15 is 0 Å². The van der Waals surface area contributed by atoms with Crippen LogP contribution >= 0.6 is 11.3 Å². The van der Waals surface area contributed by atoms with E-state index in [1.807, 2.05) is 11.3 Å². The lowest BCUT2D eigenvalue weighted by Gasteiger charge is -2.24. The fourth-order valence-corrected chi connectivity index (χ4v) is 2.75. The van der Waals surface area contributed by atoms with E-state index in [2.05, 4.69) is 55.4 Å². The van der Waals surface area contributed by atoms with Crippen LogP contribution in [0, 0.1) is 11.8 Å². The van der Waals surface area contributed by atoms with Gasteiger partial charge in [-0.2, -0.15) is 0 Å². The summed E-state index contributed by atoms with van der Waals surface area (Å²) in [5.41, 5.74) is 0. The molecule has 0 unspecified atom stereocenters. The summed E-state index contributed by atoms with van der Waals surface area (Å²) in [6.45, 7) is 15.0. The summed E-state index contributed by atoms with van der Waals surface area (Å²) in [6.07, 6.45) is 2.62. The van der Waals surface area contributed by atoms with Crippen LogP contribution in [0.5, 0.6) is 0 Å². The van der Waals surface area contributed by atoms with Crippen LogP contribution in [-0.2, 0) is 6.54 Å². The maximum absolute atomic E-state index is 3.56. The quantitative estimate of drug-likeness (QED) is 0.615. The summed E-state index contributed by atoms with van der Waals surface area (Å²) in [5, 5.41) is 5.71. The Kier molecular flexibility index (Phi) is 9.16. The van der Waals surface area contributed by atoms with E-state index in [4.69, 9.17) is 0 Å². The second kappa shape index (κ2) is 10.4. The van der Waals surface area contributed by atoms with Gasteiger partial charge >= 0.3 is 0 Å². The van der Waals surface area contributed by atoms with Crippen molar-refractivity contribution in [3.8, 4) is 0 Å². The van der Waals surface area contributed by atoms with Crippen LogP contribution in [0.3, 0.4) is 0 Å². The minimum absolute atomic E-state index is 0.802. The SMILES string of the molecule is CC(C)CCN(CCNCc1cccs1)CCC(C)C. The number of hydrogen-bond acceptors (Lipinski definition) is 3. The molecule has 0 spiro atoms. The van der Waals surface area contributed by atoms with Gasteiger partial charge in [-0.3, -0.25) is 0 Å². The number of thiophene rings is 1. The second-order valence-electron chi connectivity index (χ2n) is 6.46. The summed E-state index contributed by atoms with van der Waals surface area (Å²) in [6, 6.07) is 4.33. The molecule has 1 aromatic rings. The largest absolute Gasteiger partial charge is 0.311 e. The molecular formula is C17H32N2S. The zero-order chi connectivity index (χ0) is 14.8. The Bertz CT molecular complexity index is 308. The van der Waals surface area contributed by atoms with Crippen LogP contribution in [0.25, 0.3) is 0 Å². The lowest BCUT2D eigenvalue weighted by atomic mass is 10.1. The van der Waals surface area contributed by atoms with Crippen molar-refractivity contribution in [1.29, 1.82) is 0 Å². The van der Waals surface area contributed by atoms with Crippen LogP contribution in [-0.4, -0.2) is 31.1 Å². The van der Waals surface area contributed by atoms with E-state index < -0.39 is 0 Å². The van der Waals surface area contributed by atoms with Crippen LogP contribution in [0.2, 0.25) is 0 Å². The van der Waals surface area contributed by atoms with Gasteiger partial charge in [0.2, 0.25) is 0 Å². The first-order valence-electron chi connectivity index (χ1n) is 8.03. The second-order valence-corrected chi connectivity index (χ2v) is 7.50. The first-order valence-corrected chi connectivity index (χ1v) is 8.91. The smallest absolute Gasteiger partial charge is 0.0300 e. The van der Waals surface area contributed by atoms with Crippen molar-refractivity contribution >= 4 is 11.3 Å². The number of rotatable bonds is 11. The van der Waals surface area contributed by atoms with Crippen LogP contribution in [0.15, 0.2) is 17.5 Å². The highest BCUT2D eigenvalue weighted by Crippen LogP contribution is 2.08. The van der Waals surface area contributed by atoms with Gasteiger partial charge in [-0.1, -0.05) is 33.8 Å². The van der Waals surface area contributed by atoms with E-state index in [1.165, 1.54) is 37.4 Å². The van der Waals surface area contributed by atoms with Gasteiger partial charge in [0.25, 0.3) is 0 Å². The minimum atomic E-state index is 0.802. The van der Waals surface area contributed by atoms with Gasteiger partial charge in [-0.25, -0.2) is 0 Å². The fraction of sp³-hybridized carbons (Fsp3) is 0.765. The molecule has 116 valence electrons. The van der Waals surface area contributed by atoms with Gasteiger partial charge in [-0.05, 0) is 49.2 Å². The summed E-state index contributed by atoms with van der Waals surface area (Å²) in [5.74, 6) is 1.60. The molecule has 2 nitrogen and oxygen atoms in total. The maximum Gasteiger partial charge on any atom is 0.0300 e. The predicted octanol–water partition coefficient (Wildman–Crippen LogP) is 4.23. The van der Waals surface area contributed by atoms with Gasteiger partial charge in [0.05, 0.1) is 0 Å². The van der Waals surface area contributed by atoms with Crippen LogP contribution in [0.1, 0.15) is 45.4 Å². The van der Waals surface area contributed by atoms with Crippen molar-refractivity contribution in [1.82, 2.24) is 10.2 Å². The summed E-state index contributed by atoms with van der Waals surface area (Å²) in [4.78, 5) is 4.06. The molecule has 0 aromatic carbocycles. The van der Waals surface area contributed by atoms with Gasteiger partial charge in [-0.15, -0.1) is 11.3 Å². The average molecular weight is 297 g/mol. The first kappa shape index (κ1) is 17.7. The molecule has 0 atom stereocenters. The zero-order valence-electron chi connectivity index (χ0n) is 13.7. The Morgan fingerprint density at radius 1 is 1.05 bits per heavy atom. The predicted molar refractivity (Wildman–Crippen MR) is 91.4 cm³/mol. The fourth-order valence-electron chi connectivity index (χ4n) is 2.08. The molecule has 0 fully saturated rings. The standard InChI is InChI=1S/C17H32N2S/c1-15(2)7-10-19(11-8-16(3)4)12-9-18-14-17-6-5-13-20-17/h5-6,13,15-16,18H,7-12,14H2,1-4H3. The Morgan fingerprint density at radius 3 is 2.20 bits per heavy atom. The van der Waals surface area contributed by atoms with Gasteiger partial charge in [0.15, 0.2) is 0 Å². The van der Waals surface area contributed by atoms with Crippen molar-refractivity contribution in [2.24, 2.45) is 11.8 Å². The lowest BCUT2D eigenvalue weighted by Crippen LogP contribution is -2.34. The molecule has 1 aromatic heterocycles. The summed E-state index contributed by atoms with van der Waals surface area (Å²) < 4.78 is 0. The molecule has 3 heteroatoms. The molecule has 1 heterocycles. The zero-order valence-corrected chi connectivity index (χ0v) is 14.5. The van der Waals surface area contributed by atoms with Crippen LogP contribution in [0.4, 0.5) is 0 Å². The molecule has 0 aliphatic carbocycles. The maximum atomic E-state index is 3.56. The molecule has 0 saturated heterocycles. The molecule has 20 heavy (non-hydrogen) atoms. The van der Waals surface area contributed by atoms with Crippen LogP contribution < -0.4 is 5.32 Å². The minimum Gasteiger partial charge on any atom is -0.311 e.